The number of unbranched alkanes of at least 4 members (excludes halogenated alkanes) is 1. The smallest absolute Gasteiger partial charge is 0.285 e. The fourth-order valence-corrected chi connectivity index (χ4v) is 0.990. The Morgan fingerprint density at radius 1 is 1.50 bits per heavy atom. The molecule has 0 aromatic carbocycles. The molecule has 12 heavy (non-hydrogen) atoms. The minimum Gasteiger partial charge on any atom is -0.416 e. The number of nitrogens with one attached hydrogen (secondary N) is 1. The first-order valence-corrected chi connectivity index (χ1v) is 4.48. The van der Waals surface area contributed by atoms with Gasteiger partial charge in [-0.25, -0.2) is 4.98 Å². The summed E-state index contributed by atoms with van der Waals surface area (Å²) in [5.41, 5.74) is 0.964. The fraction of sp³-hybridized carbons (Fsp3) is 0.667. The Balaban J connectivity index is 2.39. The molecule has 0 saturated carbocycles. The lowest BCUT2D eigenvalue weighted by Gasteiger charge is -2.01. The van der Waals surface area contributed by atoms with Gasteiger partial charge in [0.15, 0.2) is 0 Å². The average Bonchev–Trinajstić information content (AvgIpc) is 2.52. The quantitative estimate of drug-likeness (QED) is 0.683. The van der Waals surface area contributed by atoms with Crippen molar-refractivity contribution in [1.82, 2.24) is 4.98 Å². The number of nitrogens with zero attached hydrogens (tertiary/aromatic N) is 1. The second kappa shape index (κ2) is 4.80. The van der Waals surface area contributed by atoms with Crippen LogP contribution in [0.4, 0.5) is 5.88 Å². The van der Waals surface area contributed by atoms with Crippen molar-refractivity contribution in [2.45, 2.75) is 33.1 Å². The van der Waals surface area contributed by atoms with E-state index in [4.69, 9.17) is 4.42 Å². The second-order valence-electron chi connectivity index (χ2n) is 2.71. The molecular formula is C9H15N2O. The molecule has 0 bridgehead atoms. The molecule has 1 radical (unpaired) electrons. The predicted octanol–water partition coefficient (Wildman–Crippen LogP) is 2.25. The molecule has 0 saturated heterocycles. The first kappa shape index (κ1) is 9.10. The van der Waals surface area contributed by atoms with Gasteiger partial charge < -0.3 is 9.73 Å². The summed E-state index contributed by atoms with van der Waals surface area (Å²) in [4.78, 5) is 3.96. The third-order valence-corrected chi connectivity index (χ3v) is 1.74. The topological polar surface area (TPSA) is 38.1 Å². The van der Waals surface area contributed by atoms with Crippen LogP contribution < -0.4 is 5.32 Å². The van der Waals surface area contributed by atoms with Crippen molar-refractivity contribution in [2.75, 3.05) is 11.9 Å². The number of oxazole rings is 1. The van der Waals surface area contributed by atoms with Crippen molar-refractivity contribution >= 4 is 5.88 Å². The van der Waals surface area contributed by atoms with Gasteiger partial charge in [-0.15, -0.1) is 0 Å². The Bertz CT molecular complexity index is 220. The molecule has 1 rings (SSSR count). The van der Waals surface area contributed by atoms with Crippen LogP contribution in [0.2, 0.25) is 0 Å². The van der Waals surface area contributed by atoms with Crippen molar-refractivity contribution in [1.29, 1.82) is 0 Å². The summed E-state index contributed by atoms with van der Waals surface area (Å²) in [7, 11) is 0. The van der Waals surface area contributed by atoms with E-state index in [-0.39, 0.29) is 0 Å². The van der Waals surface area contributed by atoms with E-state index >= 15 is 0 Å². The van der Waals surface area contributed by atoms with Gasteiger partial charge in [-0.05, 0) is 12.8 Å². The summed E-state index contributed by atoms with van der Waals surface area (Å²) in [5, 5.41) is 3.18. The van der Waals surface area contributed by atoms with Crippen LogP contribution >= 0.6 is 0 Å². The van der Waals surface area contributed by atoms with Gasteiger partial charge in [0.25, 0.3) is 6.39 Å². The molecule has 3 nitrogen and oxygen atoms in total. The molecule has 0 atom stereocenters. The minimum atomic E-state index is 0.783. The summed E-state index contributed by atoms with van der Waals surface area (Å²) in [6, 6.07) is 0. The maximum atomic E-state index is 5.05. The van der Waals surface area contributed by atoms with Gasteiger partial charge in [0.1, 0.15) is 5.69 Å². The summed E-state index contributed by atoms with van der Waals surface area (Å²) < 4.78 is 5.05. The number of hydrogen-bond acceptors (Lipinski definition) is 3. The third kappa shape index (κ3) is 2.26. The summed E-state index contributed by atoms with van der Waals surface area (Å²) >= 11 is 0. The zero-order valence-electron chi connectivity index (χ0n) is 7.68. The van der Waals surface area contributed by atoms with E-state index < -0.39 is 0 Å². The number of aromatic nitrogens is 1. The monoisotopic (exact) mass is 167 g/mol. The zero-order chi connectivity index (χ0) is 8.81. The first-order valence-electron chi connectivity index (χ1n) is 4.48. The molecule has 1 aromatic rings. The second-order valence-corrected chi connectivity index (χ2v) is 2.71. The lowest BCUT2D eigenvalue weighted by atomic mass is 10.3. The van der Waals surface area contributed by atoms with Crippen molar-refractivity contribution in [2.24, 2.45) is 0 Å². The molecule has 1 N–H and O–H groups in total. The van der Waals surface area contributed by atoms with E-state index in [0.717, 1.165) is 31.0 Å². The van der Waals surface area contributed by atoms with E-state index in [1.807, 2.05) is 0 Å². The molecule has 0 aliphatic heterocycles. The lowest BCUT2D eigenvalue weighted by molar-refractivity contribution is 0.557. The van der Waals surface area contributed by atoms with E-state index in [0.29, 0.717) is 0 Å². The van der Waals surface area contributed by atoms with E-state index in [2.05, 4.69) is 30.5 Å². The van der Waals surface area contributed by atoms with Gasteiger partial charge in [-0.3, -0.25) is 0 Å². The van der Waals surface area contributed by atoms with Crippen molar-refractivity contribution in [3.8, 4) is 0 Å². The molecule has 3 heteroatoms. The van der Waals surface area contributed by atoms with Gasteiger partial charge in [0.2, 0.25) is 5.88 Å². The molecule has 0 aliphatic carbocycles. The van der Waals surface area contributed by atoms with Crippen molar-refractivity contribution in [3.63, 3.8) is 0 Å². The molecule has 0 amide bonds. The average molecular weight is 167 g/mol. The van der Waals surface area contributed by atoms with Crippen LogP contribution in [0.1, 0.15) is 32.4 Å². The Kier molecular flexibility index (Phi) is 3.64. The first-order chi connectivity index (χ1) is 5.88. The third-order valence-electron chi connectivity index (χ3n) is 1.74. The van der Waals surface area contributed by atoms with Gasteiger partial charge in [-0.2, -0.15) is 0 Å². The molecular weight excluding hydrogens is 152 g/mol. The van der Waals surface area contributed by atoms with Crippen LogP contribution in [0.5, 0.6) is 0 Å². The predicted molar refractivity (Wildman–Crippen MR) is 48.1 cm³/mol. The van der Waals surface area contributed by atoms with Gasteiger partial charge >= 0.3 is 0 Å². The largest absolute Gasteiger partial charge is 0.416 e. The van der Waals surface area contributed by atoms with Crippen LogP contribution in [0.3, 0.4) is 0 Å². The summed E-state index contributed by atoms with van der Waals surface area (Å²) in [6.07, 6.45) is 5.72. The van der Waals surface area contributed by atoms with E-state index in [1.165, 1.54) is 6.42 Å². The van der Waals surface area contributed by atoms with Crippen molar-refractivity contribution in [3.05, 3.63) is 12.1 Å². The molecule has 0 fully saturated rings. The van der Waals surface area contributed by atoms with Crippen LogP contribution in [0.25, 0.3) is 0 Å². The molecule has 67 valence electrons. The van der Waals surface area contributed by atoms with E-state index in [1.54, 1.807) is 0 Å². The van der Waals surface area contributed by atoms with Crippen molar-refractivity contribution < 1.29 is 4.42 Å². The van der Waals surface area contributed by atoms with Crippen LogP contribution in [-0.2, 0) is 6.42 Å². The SMILES string of the molecule is CCCCNc1o[c]nc1CC. The fourth-order valence-electron chi connectivity index (χ4n) is 0.990. The van der Waals surface area contributed by atoms with Gasteiger partial charge in [0, 0.05) is 6.54 Å². The molecule has 0 unspecified atom stereocenters. The Morgan fingerprint density at radius 3 is 3.00 bits per heavy atom. The Hall–Kier alpha value is -0.990. The molecule has 0 spiro atoms. The molecule has 1 aromatic heterocycles. The maximum absolute atomic E-state index is 5.05. The Morgan fingerprint density at radius 2 is 2.33 bits per heavy atom. The van der Waals surface area contributed by atoms with Crippen LogP contribution in [0, 0.1) is 6.39 Å². The highest BCUT2D eigenvalue weighted by Gasteiger charge is 2.04. The maximum Gasteiger partial charge on any atom is 0.285 e. The Labute approximate surface area is 73.2 Å². The molecule has 1 heterocycles. The zero-order valence-corrected chi connectivity index (χ0v) is 7.68. The number of aryl methyl sites for hydroxylation is 1. The number of anilines is 1. The standard InChI is InChI=1S/C9H15N2O/c1-3-5-6-10-9-8(4-2)11-7-12-9/h10H,3-6H2,1-2H3. The van der Waals surface area contributed by atoms with E-state index in [9.17, 15) is 0 Å². The van der Waals surface area contributed by atoms with Crippen LogP contribution in [0.15, 0.2) is 4.42 Å². The van der Waals surface area contributed by atoms with Gasteiger partial charge in [0.05, 0.1) is 0 Å². The number of rotatable bonds is 5. The van der Waals surface area contributed by atoms with Crippen LogP contribution in [-0.4, -0.2) is 11.5 Å². The highest BCUT2D eigenvalue weighted by atomic mass is 16.4. The lowest BCUT2D eigenvalue weighted by Crippen LogP contribution is -2.01. The van der Waals surface area contributed by atoms with Gasteiger partial charge in [-0.1, -0.05) is 20.3 Å². The molecule has 0 aliphatic rings. The minimum absolute atomic E-state index is 0.783. The summed E-state index contributed by atoms with van der Waals surface area (Å²) in [5.74, 6) is 0.783. The highest BCUT2D eigenvalue weighted by molar-refractivity contribution is 5.35. The summed E-state index contributed by atoms with van der Waals surface area (Å²) in [6.45, 7) is 5.16. The highest BCUT2D eigenvalue weighted by Crippen LogP contribution is 2.12. The number of hydrogen-bond donors (Lipinski definition) is 1. The normalized spacial score (nSPS) is 10.2.